The molecule has 39 nitrogen and oxygen atoms in total. The van der Waals surface area contributed by atoms with Gasteiger partial charge in [0.25, 0.3) is 29.3 Å². The monoisotopic (exact) mass is 1730 g/mol. The highest BCUT2D eigenvalue weighted by molar-refractivity contribution is 6.35. The Morgan fingerprint density at radius 1 is 0.605 bits per heavy atom. The van der Waals surface area contributed by atoms with E-state index in [1.54, 1.807) is 44.8 Å². The first-order valence-electron chi connectivity index (χ1n) is 38.5. The Morgan fingerprint density at radius 3 is 1.47 bits per heavy atom. The highest BCUT2D eigenvalue weighted by atomic mass is 35.5. The van der Waals surface area contributed by atoms with Gasteiger partial charge in [-0.05, 0) is 83.4 Å². The van der Waals surface area contributed by atoms with Crippen molar-refractivity contribution >= 4 is 146 Å². The Kier molecular flexibility index (Phi) is 28.7. The van der Waals surface area contributed by atoms with Gasteiger partial charge in [-0.1, -0.05) is 72.4 Å². The van der Waals surface area contributed by atoms with E-state index in [0.29, 0.717) is 59.2 Å². The second-order valence-electron chi connectivity index (χ2n) is 28.6. The lowest BCUT2D eigenvalue weighted by molar-refractivity contribution is -0.384. The molecule has 41 heteroatoms. The van der Waals surface area contributed by atoms with Crippen molar-refractivity contribution < 1.29 is 86.1 Å². The minimum atomic E-state index is -1.14. The van der Waals surface area contributed by atoms with Crippen LogP contribution < -0.4 is 46.9 Å². The number of amides is 13. The maximum Gasteiger partial charge on any atom is 0.417 e. The number of nitro benzene ring substituents is 1. The minimum Gasteiger partial charge on any atom is -0.496 e. The molecule has 0 saturated carbocycles. The number of carbonyl (C=O) groups is 12. The van der Waals surface area contributed by atoms with Gasteiger partial charge < -0.3 is 64.3 Å². The van der Waals surface area contributed by atoms with Crippen molar-refractivity contribution in [3.05, 3.63) is 173 Å². The number of ether oxygens (including phenoxy) is 5. The second kappa shape index (κ2) is 39.6. The number of nitro groups is 1. The van der Waals surface area contributed by atoms with Crippen LogP contribution in [0.2, 0.25) is 10.3 Å². The number of non-ortho nitro benzene ring substituents is 1. The molecule has 644 valence electrons. The number of methoxy groups -OCH3 is 2. The quantitative estimate of drug-likeness (QED) is 0.00919. The van der Waals surface area contributed by atoms with Crippen molar-refractivity contribution in [3.8, 4) is 40.9 Å². The molecule has 13 amide bonds. The van der Waals surface area contributed by atoms with Crippen molar-refractivity contribution in [2.45, 2.75) is 111 Å². The van der Waals surface area contributed by atoms with Crippen LogP contribution in [0.4, 0.5) is 48.1 Å². The summed E-state index contributed by atoms with van der Waals surface area (Å²) in [5.41, 5.74) is 19.1. The molecule has 2 atom stereocenters. The van der Waals surface area contributed by atoms with Gasteiger partial charge in [-0.3, -0.25) is 84.2 Å². The maximum atomic E-state index is 13.4. The Balaban J connectivity index is 0.000000192. The van der Waals surface area contributed by atoms with E-state index in [4.69, 9.17) is 58.4 Å². The Hall–Kier alpha value is -14.9. The average Bonchev–Trinajstić information content (AvgIpc) is 1.59. The van der Waals surface area contributed by atoms with Gasteiger partial charge in [0, 0.05) is 126 Å². The lowest BCUT2D eigenvalue weighted by Gasteiger charge is -2.27. The third kappa shape index (κ3) is 20.3. The third-order valence-electron chi connectivity index (χ3n) is 20.1. The molecule has 13 rings (SSSR count). The molecule has 3 aromatic carbocycles. The number of rotatable bonds is 22. The summed E-state index contributed by atoms with van der Waals surface area (Å²) < 4.78 is 30.6. The van der Waals surface area contributed by atoms with Crippen LogP contribution in [0.3, 0.4) is 0 Å². The van der Waals surface area contributed by atoms with Crippen LogP contribution in [0.5, 0.6) is 17.2 Å². The Labute approximate surface area is 717 Å². The fourth-order valence-electron chi connectivity index (χ4n) is 13.8. The number of pyridine rings is 2. The maximum absolute atomic E-state index is 13.4. The van der Waals surface area contributed by atoms with E-state index < -0.39 is 82.5 Å². The fraction of sp³-hybridized carbons (Fsp3) is 0.325. The summed E-state index contributed by atoms with van der Waals surface area (Å²) in [6.45, 7) is 11.7. The van der Waals surface area contributed by atoms with Gasteiger partial charge >= 0.3 is 24.3 Å². The minimum absolute atomic E-state index is 0.00107. The predicted molar refractivity (Wildman–Crippen MR) is 449 cm³/mol. The number of nitrogens with zero attached hydrogens (tertiary/aromatic N) is 14. The van der Waals surface area contributed by atoms with Gasteiger partial charge in [0.2, 0.25) is 35.5 Å². The van der Waals surface area contributed by atoms with Gasteiger partial charge in [0.05, 0.1) is 99.1 Å². The molecule has 10 heterocycles. The topological polar surface area (TPSA) is 498 Å². The van der Waals surface area contributed by atoms with Gasteiger partial charge in [0.15, 0.2) is 0 Å². The number of piperidine rings is 2. The number of aryl methyl sites for hydroxylation is 2. The standard InChI is InChI=1S/C38H39ClN10O8.C25H31ClN6O3.C20H14N4O8/c1-20-17-41-25(21(2)30(20)56-5)19-48-18-22(28-31(39)44-36(40)45-32(28)48)9-6-7-16-57-38(55)47(4)15-14-46(3)37(54)42-24-11-8-10-23-29(24)35(53)49(34(23)52)26-12-13-27(50)43-33(26)51;1-6-7-11-31(4)25(33)35-12-9-8-10-18-14-32(23-20(18)22(26)29-24(27)30-23)15-19-17(3)21(34-5)16(2)13-28-19;25-15-9-8-14(17(26)22-15)23-18(27)12-2-1-3-13(16(12)19(23)28)21-20(29)32-11-6-4-10(5-7-11)24(30)31/h8,10-11,17-18,26H,7,12-16,19H2,1-5H3,(H,42,54)(H2,40,44,45)(H,43,50,51);13-14H,6-7,9,11-12,15H2,1-5H3,(H2,27,29,30);1-7,14H,8-9H2,(H,21,29)(H,22,25,26). The Bertz CT molecular complexity index is 5970. The number of carbonyl (C=O) groups excluding carboxylic acids is 12. The molecule has 0 radical (unpaired) electrons. The normalized spacial score (nSPS) is 14.4. The number of anilines is 4. The number of fused-ring (bicyclic) bond motifs is 4. The van der Waals surface area contributed by atoms with Crippen molar-refractivity contribution in [2.75, 3.05) is 90.3 Å². The number of nitrogen functional groups attached to an aromatic ring is 2. The zero-order chi connectivity index (χ0) is 89.7. The Morgan fingerprint density at radius 2 is 1.04 bits per heavy atom. The zero-order valence-electron chi connectivity index (χ0n) is 68.8. The number of imide groups is 4. The molecule has 124 heavy (non-hydrogen) atoms. The SMILES string of the molecule is CCCCN(C)C(=O)OCCC#Cc1cn(Cc2ncc(C)c(OC)c2C)c2nc(N)nc(Cl)c12.COc1c(C)cnc(Cn2cc(C#CCCOC(=O)N(C)CCN(C)C(=O)Nc3cccc4c3C(=O)N(C3CCC(=O)NC3=O)C4=O)c3c(Cl)nc(N)nc32)c1C.O=C1CCC(N2C(=O)c3cccc(NC(=O)Oc4ccc([N+](=O)[O-])cc4)c3C2=O)C(=O)N1. The lowest BCUT2D eigenvalue weighted by atomic mass is 10.0. The van der Waals surface area contributed by atoms with Crippen LogP contribution in [0, 0.1) is 61.5 Å². The lowest BCUT2D eigenvalue weighted by Crippen LogP contribution is -2.54. The van der Waals surface area contributed by atoms with Gasteiger partial charge in [-0.2, -0.15) is 9.97 Å². The first-order chi connectivity index (χ1) is 59.2. The van der Waals surface area contributed by atoms with Crippen LogP contribution >= 0.6 is 23.2 Å². The number of hydrogen-bond donors (Lipinski definition) is 6. The number of hydrogen-bond acceptors (Lipinski definition) is 27. The van der Waals surface area contributed by atoms with Crippen LogP contribution in [-0.2, 0) is 41.7 Å². The van der Waals surface area contributed by atoms with Crippen molar-refractivity contribution in [1.29, 1.82) is 0 Å². The van der Waals surface area contributed by atoms with Crippen LogP contribution in [-0.4, -0.2) is 220 Å². The van der Waals surface area contributed by atoms with Crippen molar-refractivity contribution in [1.82, 2.24) is 74.2 Å². The van der Waals surface area contributed by atoms with E-state index in [-0.39, 0.29) is 132 Å². The molecule has 0 spiro atoms. The molecular formula is C83H84Cl2N20O19. The van der Waals surface area contributed by atoms with E-state index in [0.717, 1.165) is 79.9 Å². The van der Waals surface area contributed by atoms with E-state index in [2.05, 4.69) is 81.8 Å². The summed E-state index contributed by atoms with van der Waals surface area (Å²) >= 11 is 12.9. The summed E-state index contributed by atoms with van der Waals surface area (Å²) in [7, 11) is 7.99. The van der Waals surface area contributed by atoms with Gasteiger partial charge in [-0.25, -0.2) is 29.1 Å². The fourth-order valence-corrected chi connectivity index (χ4v) is 14.3. The first kappa shape index (κ1) is 89.9. The van der Waals surface area contributed by atoms with Crippen LogP contribution in [0.1, 0.15) is 144 Å². The summed E-state index contributed by atoms with van der Waals surface area (Å²) in [6.07, 6.45) is 7.69. The summed E-state index contributed by atoms with van der Waals surface area (Å²) in [5, 5.41) is 21.5. The number of likely N-dealkylation sites (N-methyl/N-ethyl adjacent to an activating group) is 2. The van der Waals surface area contributed by atoms with E-state index in [1.807, 2.05) is 43.0 Å². The molecule has 4 aliphatic heterocycles. The van der Waals surface area contributed by atoms with Crippen LogP contribution in [0.15, 0.2) is 85.5 Å². The number of aromatic nitrogens is 8. The highest BCUT2D eigenvalue weighted by Crippen LogP contribution is 2.37. The van der Waals surface area contributed by atoms with E-state index in [1.165, 1.54) is 72.4 Å². The summed E-state index contributed by atoms with van der Waals surface area (Å²) in [6, 6.07) is 10.5. The summed E-state index contributed by atoms with van der Waals surface area (Å²) in [4.78, 5) is 192. The molecule has 9 aromatic rings. The molecule has 2 saturated heterocycles. The second-order valence-corrected chi connectivity index (χ2v) is 29.3. The first-order valence-corrected chi connectivity index (χ1v) is 39.3. The van der Waals surface area contributed by atoms with E-state index >= 15 is 0 Å². The largest absolute Gasteiger partial charge is 0.496 e. The number of benzene rings is 3. The molecular weight excluding hydrogens is 1650 g/mol. The molecule has 2 unspecified atom stereocenters. The van der Waals surface area contributed by atoms with Crippen molar-refractivity contribution in [2.24, 2.45) is 0 Å². The number of halogens is 2. The van der Waals surface area contributed by atoms with Gasteiger partial charge in [0.1, 0.15) is 64.1 Å². The molecule has 4 aliphatic rings. The molecule has 8 N–H and O–H groups in total. The van der Waals surface area contributed by atoms with Crippen LogP contribution in [0.25, 0.3) is 22.1 Å². The smallest absolute Gasteiger partial charge is 0.417 e. The highest BCUT2D eigenvalue weighted by Gasteiger charge is 2.48. The third-order valence-corrected chi connectivity index (χ3v) is 20.7. The average molecular weight is 1740 g/mol. The molecule has 6 aromatic heterocycles. The number of urea groups is 1. The van der Waals surface area contributed by atoms with Crippen molar-refractivity contribution in [3.63, 3.8) is 0 Å². The number of nitrogens with two attached hydrogens (primary N) is 2. The molecule has 0 bridgehead atoms. The zero-order valence-corrected chi connectivity index (χ0v) is 70.3. The van der Waals surface area contributed by atoms with E-state index in [9.17, 15) is 67.6 Å². The predicted octanol–water partition coefficient (Wildman–Crippen LogP) is 9.06. The van der Waals surface area contributed by atoms with Gasteiger partial charge in [-0.15, -0.1) is 0 Å². The summed E-state index contributed by atoms with van der Waals surface area (Å²) in [5.74, 6) is 8.47. The molecule has 2 fully saturated rings. The number of nitrogens with one attached hydrogen (secondary N) is 4. The number of unbranched alkanes of at least 4 members (excludes halogenated alkanes) is 1. The molecule has 0 aliphatic carbocycles.